The molecule has 8 rings (SSSR count). The topological polar surface area (TPSA) is 109 Å². The van der Waals surface area contributed by atoms with Crippen LogP contribution in [0.2, 0.25) is 0 Å². The van der Waals surface area contributed by atoms with E-state index in [4.69, 9.17) is 0 Å². The van der Waals surface area contributed by atoms with Crippen LogP contribution in [0, 0.1) is 21.1 Å². The molecule has 258 valence electrons. The lowest BCUT2D eigenvalue weighted by atomic mass is 10.1. The van der Waals surface area contributed by atoms with E-state index in [1.54, 1.807) is 18.2 Å². The minimum atomic E-state index is -3.82. The van der Waals surface area contributed by atoms with Crippen molar-refractivity contribution < 1.29 is 25.6 Å². The number of halogens is 4. The Morgan fingerprint density at radius 3 is 1.80 bits per heavy atom. The second-order valence-corrected chi connectivity index (χ2v) is 17.0. The summed E-state index contributed by atoms with van der Waals surface area (Å²) in [5.41, 5.74) is 2.57. The Labute approximate surface area is 308 Å². The average Bonchev–Trinajstić information content (AvgIpc) is 3.71. The monoisotopic (exact) mass is 846 g/mol. The molecule has 50 heavy (non-hydrogen) atoms. The summed E-state index contributed by atoms with van der Waals surface area (Å²) in [5, 5.41) is 5.05. The highest BCUT2D eigenvalue weighted by atomic mass is 127. The zero-order valence-corrected chi connectivity index (χ0v) is 30.8. The van der Waals surface area contributed by atoms with Gasteiger partial charge >= 0.3 is 0 Å². The van der Waals surface area contributed by atoms with Crippen molar-refractivity contribution in [2.75, 3.05) is 24.5 Å². The first-order valence-corrected chi connectivity index (χ1v) is 19.5. The van der Waals surface area contributed by atoms with Crippen LogP contribution in [0.5, 0.6) is 0 Å². The standard InChI is InChI=1S/C21H20FN3O2S.C15H9FINO2S.ClH/c22-16-4-2-5-17(10-16)28(26,27)18-9-14-3-1-6-20(21(14)24-11-18)25-12-15-7-8-23-19(15)13-25;16-11-4-2-5-12(8-11)21(19,20)13-7-10-3-1-6-14(17)15(10)18-9-13;/h1-6,9-11,15,19,23H,7-8,12-13H2;1-9H;1H. The fourth-order valence-electron chi connectivity index (χ4n) is 6.36. The number of pyridine rings is 2. The van der Waals surface area contributed by atoms with Crippen molar-refractivity contribution in [1.82, 2.24) is 15.3 Å². The van der Waals surface area contributed by atoms with Crippen LogP contribution in [0.4, 0.5) is 14.5 Å². The van der Waals surface area contributed by atoms with Crippen LogP contribution >= 0.6 is 35.0 Å². The summed E-state index contributed by atoms with van der Waals surface area (Å²) in [4.78, 5) is 11.0. The van der Waals surface area contributed by atoms with E-state index in [1.165, 1.54) is 55.2 Å². The molecular formula is C36H30ClF2IN4O4S2. The van der Waals surface area contributed by atoms with Crippen molar-refractivity contribution >= 4 is 82.2 Å². The molecule has 0 radical (unpaired) electrons. The Balaban J connectivity index is 0.000000177. The van der Waals surface area contributed by atoms with Crippen molar-refractivity contribution in [2.45, 2.75) is 32.0 Å². The Morgan fingerprint density at radius 2 is 1.22 bits per heavy atom. The van der Waals surface area contributed by atoms with Gasteiger partial charge in [-0.15, -0.1) is 12.4 Å². The molecule has 2 aliphatic rings. The van der Waals surface area contributed by atoms with Crippen LogP contribution in [0.25, 0.3) is 21.8 Å². The number of hydrogen-bond acceptors (Lipinski definition) is 8. The molecule has 2 unspecified atom stereocenters. The van der Waals surface area contributed by atoms with Gasteiger partial charge in [-0.1, -0.05) is 36.4 Å². The van der Waals surface area contributed by atoms with E-state index < -0.39 is 31.3 Å². The minimum Gasteiger partial charge on any atom is -0.368 e. The number of anilines is 1. The quantitative estimate of drug-likeness (QED) is 0.181. The van der Waals surface area contributed by atoms with E-state index >= 15 is 0 Å². The summed E-state index contributed by atoms with van der Waals surface area (Å²) < 4.78 is 78.4. The molecule has 0 saturated carbocycles. The molecule has 1 N–H and O–H groups in total. The van der Waals surface area contributed by atoms with Crippen molar-refractivity contribution in [3.8, 4) is 0 Å². The maximum atomic E-state index is 13.5. The summed E-state index contributed by atoms with van der Waals surface area (Å²) in [7, 11) is -7.59. The number of aromatic nitrogens is 2. The fourth-order valence-corrected chi connectivity index (χ4v) is 9.56. The number of benzene rings is 4. The molecule has 2 aromatic heterocycles. The molecule has 0 aliphatic carbocycles. The molecule has 0 bridgehead atoms. The van der Waals surface area contributed by atoms with Gasteiger partial charge in [-0.2, -0.15) is 0 Å². The first-order valence-electron chi connectivity index (χ1n) is 15.4. The highest BCUT2D eigenvalue weighted by Crippen LogP contribution is 2.34. The number of nitrogens with zero attached hydrogens (tertiary/aromatic N) is 3. The van der Waals surface area contributed by atoms with Crippen LogP contribution in [-0.4, -0.2) is 52.5 Å². The Bertz CT molecular complexity index is 2440. The summed E-state index contributed by atoms with van der Waals surface area (Å²) in [6, 6.07) is 25.1. The molecule has 0 amide bonds. The van der Waals surface area contributed by atoms with E-state index in [9.17, 15) is 25.6 Å². The molecule has 8 nitrogen and oxygen atoms in total. The van der Waals surface area contributed by atoms with Gasteiger partial charge in [0.2, 0.25) is 19.7 Å². The molecule has 4 aromatic carbocycles. The molecule has 2 fully saturated rings. The molecule has 4 heterocycles. The van der Waals surface area contributed by atoms with Crippen LogP contribution in [0.15, 0.2) is 129 Å². The fraction of sp³-hybridized carbons (Fsp3) is 0.167. The van der Waals surface area contributed by atoms with E-state index in [1.807, 2.05) is 30.3 Å². The lowest BCUT2D eigenvalue weighted by Gasteiger charge is -2.21. The zero-order chi connectivity index (χ0) is 34.3. The van der Waals surface area contributed by atoms with Crippen LogP contribution < -0.4 is 10.2 Å². The number of fused-ring (bicyclic) bond motifs is 3. The van der Waals surface area contributed by atoms with E-state index in [0.717, 1.165) is 62.8 Å². The van der Waals surface area contributed by atoms with E-state index in [0.29, 0.717) is 12.0 Å². The molecular weight excluding hydrogens is 817 g/mol. The van der Waals surface area contributed by atoms with Gasteiger partial charge in [-0.25, -0.2) is 25.6 Å². The minimum absolute atomic E-state index is 0. The largest absolute Gasteiger partial charge is 0.368 e. The number of para-hydroxylation sites is 2. The molecule has 14 heteroatoms. The molecule has 2 atom stereocenters. The third-order valence-corrected chi connectivity index (χ3v) is 13.1. The first-order chi connectivity index (χ1) is 23.5. The SMILES string of the molecule is Cl.O=S(=O)(c1cccc(F)c1)c1cnc2c(I)cccc2c1.O=S(=O)(c1cccc(F)c1)c1cnc2c(N3CC4CCNC4C3)cccc2c1. The van der Waals surface area contributed by atoms with Crippen molar-refractivity contribution in [3.63, 3.8) is 0 Å². The van der Waals surface area contributed by atoms with Gasteiger partial charge in [0.05, 0.1) is 36.3 Å². The van der Waals surface area contributed by atoms with Gasteiger partial charge in [-0.3, -0.25) is 9.97 Å². The lowest BCUT2D eigenvalue weighted by Crippen LogP contribution is -2.30. The van der Waals surface area contributed by atoms with Gasteiger partial charge < -0.3 is 10.2 Å². The van der Waals surface area contributed by atoms with Gasteiger partial charge in [-0.05, 0) is 102 Å². The molecule has 6 aromatic rings. The maximum absolute atomic E-state index is 13.5. The summed E-state index contributed by atoms with van der Waals surface area (Å²) in [6.07, 6.45) is 3.88. The molecule has 0 spiro atoms. The third kappa shape index (κ3) is 7.06. The molecule has 2 aliphatic heterocycles. The van der Waals surface area contributed by atoms with E-state index in [2.05, 4.69) is 42.8 Å². The van der Waals surface area contributed by atoms with Gasteiger partial charge in [0.1, 0.15) is 11.6 Å². The normalized spacial score (nSPS) is 17.2. The van der Waals surface area contributed by atoms with Crippen molar-refractivity contribution in [3.05, 3.63) is 125 Å². The third-order valence-electron chi connectivity index (χ3n) is 8.84. The second-order valence-electron chi connectivity index (χ2n) is 11.9. The number of nitrogens with one attached hydrogen (secondary N) is 1. The lowest BCUT2D eigenvalue weighted by molar-refractivity contribution is 0.556. The number of rotatable bonds is 5. The summed E-state index contributed by atoms with van der Waals surface area (Å²) in [6.45, 7) is 3.01. The average molecular weight is 847 g/mol. The zero-order valence-electron chi connectivity index (χ0n) is 26.2. The molecule has 2 saturated heterocycles. The van der Waals surface area contributed by atoms with Crippen LogP contribution in [0.1, 0.15) is 6.42 Å². The smallest absolute Gasteiger partial charge is 0.208 e. The Morgan fingerprint density at radius 1 is 0.680 bits per heavy atom. The number of hydrogen-bond donors (Lipinski definition) is 1. The highest BCUT2D eigenvalue weighted by molar-refractivity contribution is 14.1. The predicted octanol–water partition coefficient (Wildman–Crippen LogP) is 7.24. The highest BCUT2D eigenvalue weighted by Gasteiger charge is 2.36. The van der Waals surface area contributed by atoms with Crippen molar-refractivity contribution in [2.24, 2.45) is 5.92 Å². The van der Waals surface area contributed by atoms with Gasteiger partial charge in [0.25, 0.3) is 0 Å². The summed E-state index contributed by atoms with van der Waals surface area (Å²) >= 11 is 2.15. The van der Waals surface area contributed by atoms with Gasteiger partial charge in [0.15, 0.2) is 0 Å². The number of sulfone groups is 2. The van der Waals surface area contributed by atoms with E-state index in [-0.39, 0.29) is 32.0 Å². The Hall–Kier alpha value is -3.76. The van der Waals surface area contributed by atoms with Crippen LogP contribution in [0.3, 0.4) is 0 Å². The predicted molar refractivity (Wildman–Crippen MR) is 199 cm³/mol. The first kappa shape index (κ1) is 36.0. The Kier molecular flexibility index (Phi) is 10.4. The maximum Gasteiger partial charge on any atom is 0.208 e. The van der Waals surface area contributed by atoms with Gasteiger partial charge in [0, 0.05) is 45.9 Å². The van der Waals surface area contributed by atoms with Crippen LogP contribution in [-0.2, 0) is 19.7 Å². The summed E-state index contributed by atoms with van der Waals surface area (Å²) in [5.74, 6) is -0.507. The second kappa shape index (κ2) is 14.5. The van der Waals surface area contributed by atoms with Crippen molar-refractivity contribution in [1.29, 1.82) is 0 Å².